The number of likely N-dealkylation sites (tertiary alicyclic amines) is 1. The van der Waals surface area contributed by atoms with E-state index in [-0.39, 0.29) is 24.2 Å². The lowest BCUT2D eigenvalue weighted by Crippen LogP contribution is -2.45. The van der Waals surface area contributed by atoms with E-state index in [1.165, 1.54) is 12.3 Å². The number of carbonyl (C=O) groups excluding carboxylic acids is 2. The van der Waals surface area contributed by atoms with Crippen molar-refractivity contribution in [2.45, 2.75) is 56.0 Å². The molecule has 5 rings (SSSR count). The summed E-state index contributed by atoms with van der Waals surface area (Å²) in [4.78, 5) is 31.0. The first-order chi connectivity index (χ1) is 19.1. The Bertz CT molecular complexity index is 1320. The zero-order valence-corrected chi connectivity index (χ0v) is 21.7. The second kappa shape index (κ2) is 11.4. The van der Waals surface area contributed by atoms with E-state index in [0.29, 0.717) is 43.7 Å². The molecule has 11 heteroatoms. The molecule has 1 saturated heterocycles. The van der Waals surface area contributed by atoms with E-state index < -0.39 is 29.2 Å². The van der Waals surface area contributed by atoms with Gasteiger partial charge in [0.15, 0.2) is 0 Å². The third-order valence-corrected chi connectivity index (χ3v) is 7.79. The average Bonchev–Trinajstić information content (AvgIpc) is 3.65. The van der Waals surface area contributed by atoms with Crippen molar-refractivity contribution in [3.8, 4) is 11.5 Å². The smallest absolute Gasteiger partial charge is 0.416 e. The number of hydrogen-bond acceptors (Lipinski definition) is 5. The van der Waals surface area contributed by atoms with Crippen LogP contribution in [0.5, 0.6) is 0 Å². The summed E-state index contributed by atoms with van der Waals surface area (Å²) in [7, 11) is 0. The molecule has 0 bridgehead atoms. The van der Waals surface area contributed by atoms with Crippen molar-refractivity contribution in [3.05, 3.63) is 77.7 Å². The largest absolute Gasteiger partial charge is 0.445 e. The molecule has 0 spiro atoms. The van der Waals surface area contributed by atoms with Crippen molar-refractivity contribution in [3.63, 3.8) is 0 Å². The Hall–Kier alpha value is -3.73. The lowest BCUT2D eigenvalue weighted by Gasteiger charge is -2.38. The molecule has 1 aliphatic heterocycles. The number of hydrogen-bond donors (Lipinski definition) is 2. The standard InChI is InChI=1S/C29H30F4N4O3/c30-28(21-6-4-19(5-7-21)27-34-13-15-40-27)11-8-24(9-12-28)37-14-10-23(18-37)36-25(38)17-35-26(39)20-2-1-3-22(16-20)29(31,32)33/h1-7,13,15-16,23-24H,8-12,14,17-18H2,(H,35,39)(H,36,38)/t23-,24?,28?/m1/s1. The molecule has 1 saturated carbocycles. The maximum absolute atomic E-state index is 15.8. The zero-order valence-electron chi connectivity index (χ0n) is 21.7. The molecular formula is C29H30F4N4O3. The van der Waals surface area contributed by atoms with Crippen LogP contribution in [0.2, 0.25) is 0 Å². The molecule has 212 valence electrons. The normalized spacial score (nSPS) is 23.6. The maximum Gasteiger partial charge on any atom is 0.416 e. The summed E-state index contributed by atoms with van der Waals surface area (Å²) in [6.45, 7) is 1.06. The third-order valence-electron chi connectivity index (χ3n) is 7.79. The fraction of sp³-hybridized carbons (Fsp3) is 0.414. The third kappa shape index (κ3) is 6.35. The van der Waals surface area contributed by atoms with Crippen LogP contribution in [0.3, 0.4) is 0 Å². The average molecular weight is 559 g/mol. The summed E-state index contributed by atoms with van der Waals surface area (Å²) in [5.74, 6) is -0.665. The molecule has 2 N–H and O–H groups in total. The van der Waals surface area contributed by atoms with Crippen molar-refractivity contribution < 1.29 is 31.6 Å². The van der Waals surface area contributed by atoms with Gasteiger partial charge in [0.2, 0.25) is 11.8 Å². The van der Waals surface area contributed by atoms with E-state index in [1.807, 2.05) is 12.1 Å². The first-order valence-electron chi connectivity index (χ1n) is 13.3. The summed E-state index contributed by atoms with van der Waals surface area (Å²) in [5, 5.41) is 5.27. The summed E-state index contributed by atoms with van der Waals surface area (Å²) >= 11 is 0. The van der Waals surface area contributed by atoms with Crippen LogP contribution in [0.25, 0.3) is 11.5 Å². The zero-order chi connectivity index (χ0) is 28.3. The number of carbonyl (C=O) groups is 2. The van der Waals surface area contributed by atoms with Gasteiger partial charge >= 0.3 is 6.18 Å². The quantitative estimate of drug-likeness (QED) is 0.395. The first kappa shape index (κ1) is 27.8. The molecular weight excluding hydrogens is 528 g/mol. The number of rotatable bonds is 7. The Morgan fingerprint density at radius 2 is 1.82 bits per heavy atom. The van der Waals surface area contributed by atoms with Gasteiger partial charge in [0, 0.05) is 36.3 Å². The van der Waals surface area contributed by atoms with Crippen LogP contribution in [-0.2, 0) is 16.6 Å². The number of alkyl halides is 4. The molecule has 2 aliphatic rings. The van der Waals surface area contributed by atoms with Gasteiger partial charge in [0.05, 0.1) is 18.3 Å². The van der Waals surface area contributed by atoms with Gasteiger partial charge in [-0.2, -0.15) is 13.2 Å². The lowest BCUT2D eigenvalue weighted by molar-refractivity contribution is -0.137. The number of nitrogens with zero attached hydrogens (tertiary/aromatic N) is 2. The van der Waals surface area contributed by atoms with E-state index in [1.54, 1.807) is 18.3 Å². The highest BCUT2D eigenvalue weighted by atomic mass is 19.4. The lowest BCUT2D eigenvalue weighted by atomic mass is 9.78. The number of amides is 2. The highest BCUT2D eigenvalue weighted by Gasteiger charge is 2.40. The van der Waals surface area contributed by atoms with Crippen LogP contribution in [-0.4, -0.2) is 53.4 Å². The van der Waals surface area contributed by atoms with Gasteiger partial charge in [-0.05, 0) is 68.0 Å². The molecule has 40 heavy (non-hydrogen) atoms. The minimum Gasteiger partial charge on any atom is -0.445 e. The van der Waals surface area contributed by atoms with Gasteiger partial charge < -0.3 is 15.1 Å². The number of aromatic nitrogens is 1. The monoisotopic (exact) mass is 558 g/mol. The molecule has 1 aliphatic carbocycles. The van der Waals surface area contributed by atoms with Crippen molar-refractivity contribution in [2.75, 3.05) is 19.6 Å². The predicted octanol–water partition coefficient (Wildman–Crippen LogP) is 5.09. The van der Waals surface area contributed by atoms with E-state index in [4.69, 9.17) is 4.42 Å². The van der Waals surface area contributed by atoms with Crippen molar-refractivity contribution in [1.82, 2.24) is 20.5 Å². The van der Waals surface area contributed by atoms with Crippen LogP contribution < -0.4 is 10.6 Å². The predicted molar refractivity (Wildman–Crippen MR) is 139 cm³/mol. The van der Waals surface area contributed by atoms with Gasteiger partial charge in [-0.15, -0.1) is 0 Å². The number of oxazole rings is 1. The molecule has 1 aromatic heterocycles. The minimum absolute atomic E-state index is 0.113. The van der Waals surface area contributed by atoms with Crippen LogP contribution in [0.4, 0.5) is 17.6 Å². The Balaban J connectivity index is 1.06. The van der Waals surface area contributed by atoms with E-state index in [9.17, 15) is 22.8 Å². The van der Waals surface area contributed by atoms with Gasteiger partial charge in [0.1, 0.15) is 11.9 Å². The van der Waals surface area contributed by atoms with Crippen molar-refractivity contribution in [1.29, 1.82) is 0 Å². The molecule has 0 unspecified atom stereocenters. The van der Waals surface area contributed by atoms with Gasteiger partial charge in [-0.1, -0.05) is 18.2 Å². The minimum atomic E-state index is -4.56. The highest BCUT2D eigenvalue weighted by Crippen LogP contribution is 2.43. The fourth-order valence-electron chi connectivity index (χ4n) is 5.61. The van der Waals surface area contributed by atoms with E-state index in [2.05, 4.69) is 20.5 Å². The second-order valence-electron chi connectivity index (χ2n) is 10.4. The molecule has 3 aromatic rings. The Morgan fingerprint density at radius 1 is 1.07 bits per heavy atom. The number of halogens is 4. The molecule has 2 fully saturated rings. The van der Waals surface area contributed by atoms with Crippen LogP contribution >= 0.6 is 0 Å². The van der Waals surface area contributed by atoms with Crippen LogP contribution in [0.15, 0.2) is 65.4 Å². The molecule has 7 nitrogen and oxygen atoms in total. The van der Waals surface area contributed by atoms with Crippen LogP contribution in [0, 0.1) is 0 Å². The summed E-state index contributed by atoms with van der Waals surface area (Å²) in [6, 6.07) is 11.4. The molecule has 2 aromatic carbocycles. The van der Waals surface area contributed by atoms with Crippen LogP contribution in [0.1, 0.15) is 53.6 Å². The van der Waals surface area contributed by atoms with E-state index in [0.717, 1.165) is 36.7 Å². The van der Waals surface area contributed by atoms with Gasteiger partial charge in [-0.3, -0.25) is 14.5 Å². The molecule has 2 heterocycles. The SMILES string of the molecule is O=C(CNC(=O)c1cccc(C(F)(F)F)c1)N[C@@H]1CCN(C2CCC(F)(c3ccc(-c4ncco4)cc3)CC2)C1. The molecule has 2 amide bonds. The Labute approximate surface area is 229 Å². The topological polar surface area (TPSA) is 87.5 Å². The first-order valence-corrected chi connectivity index (χ1v) is 13.3. The van der Waals surface area contributed by atoms with Crippen molar-refractivity contribution in [2.24, 2.45) is 0 Å². The summed E-state index contributed by atoms with van der Waals surface area (Å²) < 4.78 is 59.8. The maximum atomic E-state index is 15.8. The second-order valence-corrected chi connectivity index (χ2v) is 10.4. The van der Waals surface area contributed by atoms with Crippen molar-refractivity contribution >= 4 is 11.8 Å². The van der Waals surface area contributed by atoms with Gasteiger partial charge in [0.25, 0.3) is 5.91 Å². The highest BCUT2D eigenvalue weighted by molar-refractivity contribution is 5.96. The Morgan fingerprint density at radius 3 is 2.50 bits per heavy atom. The molecule has 0 radical (unpaired) electrons. The van der Waals surface area contributed by atoms with Gasteiger partial charge in [-0.25, -0.2) is 9.37 Å². The Kier molecular flexibility index (Phi) is 7.93. The summed E-state index contributed by atoms with van der Waals surface area (Å²) in [6.07, 6.45) is 1.45. The molecule has 1 atom stereocenters. The fourth-order valence-corrected chi connectivity index (χ4v) is 5.61. The van der Waals surface area contributed by atoms with E-state index >= 15 is 4.39 Å². The number of benzene rings is 2. The number of nitrogens with one attached hydrogen (secondary N) is 2. The summed E-state index contributed by atoms with van der Waals surface area (Å²) in [5.41, 5.74) is -1.03.